The van der Waals surface area contributed by atoms with Crippen molar-refractivity contribution in [1.29, 1.82) is 0 Å². The first-order valence-corrected chi connectivity index (χ1v) is 7.45. The number of ether oxygens (including phenoxy) is 2. The summed E-state index contributed by atoms with van der Waals surface area (Å²) in [5.74, 6) is 1.55. The number of rotatable bonds is 6. The molecule has 1 aliphatic heterocycles. The molecule has 0 amide bonds. The minimum absolute atomic E-state index is 0.309. The normalized spacial score (nSPS) is 30.3. The Morgan fingerprint density at radius 2 is 2.40 bits per heavy atom. The van der Waals surface area contributed by atoms with E-state index in [0.29, 0.717) is 24.7 Å². The van der Waals surface area contributed by atoms with E-state index in [1.54, 1.807) is 12.3 Å². The highest BCUT2D eigenvalue weighted by Gasteiger charge is 2.42. The summed E-state index contributed by atoms with van der Waals surface area (Å²) < 4.78 is 17.1. The lowest BCUT2D eigenvalue weighted by Gasteiger charge is -2.38. The SMILES string of the molecule is C=CCOC[C@@H]1CC[C@@H]2[C@@H]1OCCN2Cc1ccco1. The molecule has 4 heteroatoms. The van der Waals surface area contributed by atoms with E-state index in [0.717, 1.165) is 32.1 Å². The van der Waals surface area contributed by atoms with Crippen LogP contribution < -0.4 is 0 Å². The van der Waals surface area contributed by atoms with Crippen molar-refractivity contribution in [3.63, 3.8) is 0 Å². The molecule has 4 nitrogen and oxygen atoms in total. The summed E-state index contributed by atoms with van der Waals surface area (Å²) in [5, 5.41) is 0. The molecule has 2 fully saturated rings. The number of nitrogens with zero attached hydrogens (tertiary/aromatic N) is 1. The van der Waals surface area contributed by atoms with Crippen LogP contribution in [-0.4, -0.2) is 43.4 Å². The van der Waals surface area contributed by atoms with Gasteiger partial charge in [0.05, 0.1) is 38.7 Å². The van der Waals surface area contributed by atoms with Crippen LogP contribution in [0.3, 0.4) is 0 Å². The average Bonchev–Trinajstić information content (AvgIpc) is 3.10. The topological polar surface area (TPSA) is 34.8 Å². The maximum atomic E-state index is 6.02. The Balaban J connectivity index is 1.58. The standard InChI is InChI=1S/C16H23NO3/c1-2-8-18-12-13-5-6-15-16(13)20-10-7-17(15)11-14-4-3-9-19-14/h2-4,9,13,15-16H,1,5-8,10-12H2/t13-,15+,16+/m0/s1. The summed E-state index contributed by atoms with van der Waals surface area (Å²) in [6.45, 7) is 7.77. The van der Waals surface area contributed by atoms with Crippen molar-refractivity contribution in [1.82, 2.24) is 4.90 Å². The molecule has 3 rings (SSSR count). The van der Waals surface area contributed by atoms with E-state index in [9.17, 15) is 0 Å². The van der Waals surface area contributed by atoms with Crippen LogP contribution in [0.4, 0.5) is 0 Å². The zero-order valence-electron chi connectivity index (χ0n) is 11.9. The van der Waals surface area contributed by atoms with Gasteiger partial charge >= 0.3 is 0 Å². The first kappa shape index (κ1) is 13.9. The van der Waals surface area contributed by atoms with Crippen molar-refractivity contribution in [3.05, 3.63) is 36.8 Å². The van der Waals surface area contributed by atoms with Gasteiger partial charge in [-0.25, -0.2) is 0 Å². The van der Waals surface area contributed by atoms with E-state index in [2.05, 4.69) is 11.5 Å². The minimum Gasteiger partial charge on any atom is -0.468 e. The fourth-order valence-corrected chi connectivity index (χ4v) is 3.42. The van der Waals surface area contributed by atoms with Gasteiger partial charge in [0.25, 0.3) is 0 Å². The summed E-state index contributed by atoms with van der Waals surface area (Å²) in [6, 6.07) is 4.50. The number of morpholine rings is 1. The lowest BCUT2D eigenvalue weighted by Crippen LogP contribution is -2.50. The smallest absolute Gasteiger partial charge is 0.117 e. The van der Waals surface area contributed by atoms with Crippen molar-refractivity contribution in [2.24, 2.45) is 5.92 Å². The third kappa shape index (κ3) is 2.97. The van der Waals surface area contributed by atoms with Gasteiger partial charge in [-0.15, -0.1) is 6.58 Å². The van der Waals surface area contributed by atoms with Crippen LogP contribution in [0.2, 0.25) is 0 Å². The number of hydrogen-bond acceptors (Lipinski definition) is 4. The molecule has 1 saturated heterocycles. The lowest BCUT2D eigenvalue weighted by atomic mass is 10.0. The van der Waals surface area contributed by atoms with Gasteiger partial charge in [-0.1, -0.05) is 6.08 Å². The average molecular weight is 277 g/mol. The van der Waals surface area contributed by atoms with Gasteiger partial charge in [-0.2, -0.15) is 0 Å². The van der Waals surface area contributed by atoms with E-state index in [1.807, 2.05) is 12.1 Å². The second-order valence-corrected chi connectivity index (χ2v) is 5.62. The molecule has 1 saturated carbocycles. The number of furan rings is 1. The third-order valence-electron chi connectivity index (χ3n) is 4.34. The lowest BCUT2D eigenvalue weighted by molar-refractivity contribution is -0.0882. The second-order valence-electron chi connectivity index (χ2n) is 5.62. The Morgan fingerprint density at radius 3 is 3.20 bits per heavy atom. The molecule has 1 aromatic heterocycles. The summed E-state index contributed by atoms with van der Waals surface area (Å²) in [6.07, 6.45) is 6.23. The van der Waals surface area contributed by atoms with Gasteiger partial charge in [0.1, 0.15) is 5.76 Å². The van der Waals surface area contributed by atoms with Crippen LogP contribution >= 0.6 is 0 Å². The molecule has 20 heavy (non-hydrogen) atoms. The van der Waals surface area contributed by atoms with Crippen LogP contribution in [0.5, 0.6) is 0 Å². The largest absolute Gasteiger partial charge is 0.468 e. The molecule has 1 aliphatic carbocycles. The molecular formula is C16H23NO3. The molecule has 1 aromatic rings. The highest BCUT2D eigenvalue weighted by molar-refractivity contribution is 5.01. The molecule has 0 radical (unpaired) electrons. The zero-order chi connectivity index (χ0) is 13.8. The molecule has 0 unspecified atom stereocenters. The first-order chi connectivity index (χ1) is 9.88. The molecule has 0 aromatic carbocycles. The van der Waals surface area contributed by atoms with Crippen LogP contribution in [0.15, 0.2) is 35.5 Å². The van der Waals surface area contributed by atoms with Gasteiger partial charge in [0.15, 0.2) is 0 Å². The van der Waals surface area contributed by atoms with Crippen LogP contribution in [0.25, 0.3) is 0 Å². The highest BCUT2D eigenvalue weighted by atomic mass is 16.5. The van der Waals surface area contributed by atoms with Crippen molar-refractivity contribution in [2.45, 2.75) is 31.5 Å². The Morgan fingerprint density at radius 1 is 1.45 bits per heavy atom. The molecule has 2 heterocycles. The van der Waals surface area contributed by atoms with Gasteiger partial charge in [0.2, 0.25) is 0 Å². The van der Waals surface area contributed by atoms with Gasteiger partial charge in [0, 0.05) is 18.5 Å². The number of hydrogen-bond donors (Lipinski definition) is 0. The van der Waals surface area contributed by atoms with Gasteiger partial charge in [-0.3, -0.25) is 4.90 Å². The highest BCUT2D eigenvalue weighted by Crippen LogP contribution is 2.35. The van der Waals surface area contributed by atoms with E-state index in [-0.39, 0.29) is 0 Å². The fourth-order valence-electron chi connectivity index (χ4n) is 3.42. The molecule has 0 N–H and O–H groups in total. The summed E-state index contributed by atoms with van der Waals surface area (Å²) >= 11 is 0. The predicted octanol–water partition coefficient (Wildman–Crippen LogP) is 2.46. The van der Waals surface area contributed by atoms with E-state index >= 15 is 0 Å². The summed E-state index contributed by atoms with van der Waals surface area (Å²) in [4.78, 5) is 2.50. The molecule has 0 bridgehead atoms. The molecular weight excluding hydrogens is 254 g/mol. The Labute approximate surface area is 120 Å². The van der Waals surface area contributed by atoms with E-state index in [1.165, 1.54) is 12.8 Å². The zero-order valence-corrected chi connectivity index (χ0v) is 11.9. The maximum absolute atomic E-state index is 6.02. The van der Waals surface area contributed by atoms with Crippen LogP contribution in [-0.2, 0) is 16.0 Å². The van der Waals surface area contributed by atoms with E-state index < -0.39 is 0 Å². The monoisotopic (exact) mass is 277 g/mol. The molecule has 0 spiro atoms. The Hall–Kier alpha value is -1.10. The van der Waals surface area contributed by atoms with Crippen molar-refractivity contribution < 1.29 is 13.9 Å². The van der Waals surface area contributed by atoms with E-state index in [4.69, 9.17) is 13.9 Å². The van der Waals surface area contributed by atoms with Crippen molar-refractivity contribution >= 4 is 0 Å². The van der Waals surface area contributed by atoms with Gasteiger partial charge < -0.3 is 13.9 Å². The fraction of sp³-hybridized carbons (Fsp3) is 0.625. The van der Waals surface area contributed by atoms with Crippen molar-refractivity contribution in [3.8, 4) is 0 Å². The van der Waals surface area contributed by atoms with Crippen molar-refractivity contribution in [2.75, 3.05) is 26.4 Å². The summed E-state index contributed by atoms with van der Waals surface area (Å²) in [7, 11) is 0. The summed E-state index contributed by atoms with van der Waals surface area (Å²) in [5.41, 5.74) is 0. The maximum Gasteiger partial charge on any atom is 0.117 e. The molecule has 110 valence electrons. The molecule has 2 aliphatic rings. The first-order valence-electron chi connectivity index (χ1n) is 7.45. The number of fused-ring (bicyclic) bond motifs is 1. The quantitative estimate of drug-likeness (QED) is 0.591. The second kappa shape index (κ2) is 6.57. The third-order valence-corrected chi connectivity index (χ3v) is 4.34. The predicted molar refractivity (Wildman–Crippen MR) is 76.4 cm³/mol. The minimum atomic E-state index is 0.309. The van der Waals surface area contributed by atoms with Gasteiger partial charge in [-0.05, 0) is 25.0 Å². The van der Waals surface area contributed by atoms with Crippen LogP contribution in [0, 0.1) is 5.92 Å². The molecule has 3 atom stereocenters. The van der Waals surface area contributed by atoms with Crippen LogP contribution in [0.1, 0.15) is 18.6 Å². The Kier molecular flexibility index (Phi) is 4.55. The Bertz CT molecular complexity index is 417.